The highest BCUT2D eigenvalue weighted by Gasteiger charge is 2.32. The highest BCUT2D eigenvalue weighted by Crippen LogP contribution is 2.26. The number of likely N-dealkylation sites (tertiary alicyclic amines) is 1. The van der Waals surface area contributed by atoms with Gasteiger partial charge >= 0.3 is 6.61 Å². The third-order valence-corrected chi connectivity index (χ3v) is 4.20. The number of ether oxygens (including phenoxy) is 1. The summed E-state index contributed by atoms with van der Waals surface area (Å²) in [6, 6.07) is 3.74. The molecule has 2 bridgehead atoms. The Bertz CT molecular complexity index is 568. The number of hydrogen-bond donors (Lipinski definition) is 1. The second kappa shape index (κ2) is 6.16. The Balaban J connectivity index is 1.82. The van der Waals surface area contributed by atoms with Crippen LogP contribution in [0.4, 0.5) is 13.2 Å². The van der Waals surface area contributed by atoms with Crippen molar-refractivity contribution in [3.05, 3.63) is 29.6 Å². The minimum Gasteiger partial charge on any atom is -0.434 e. The van der Waals surface area contributed by atoms with Crippen LogP contribution in [0.3, 0.4) is 0 Å². The third-order valence-electron chi connectivity index (χ3n) is 4.20. The van der Waals surface area contributed by atoms with E-state index in [1.54, 1.807) is 4.90 Å². The largest absolute Gasteiger partial charge is 0.434 e. The number of nitrogens with zero attached hydrogens (tertiary/aromatic N) is 1. The SMILES string of the molecule is O=C(c1ccc(F)cc1OC(F)F)N1CCC2CCC(C1)N2. The number of carbonyl (C=O) groups is 1. The molecular formula is C15H17F3N2O2. The molecule has 0 spiro atoms. The molecule has 1 amide bonds. The van der Waals surface area contributed by atoms with Gasteiger partial charge in [0.1, 0.15) is 11.6 Å². The standard InChI is InChI=1S/C15H17F3N2O2/c16-9-1-4-12(13(7-9)22-15(17)18)14(21)20-6-5-10-2-3-11(8-20)19-10/h1,4,7,10-11,15,19H,2-3,5-6,8H2. The zero-order chi connectivity index (χ0) is 15.7. The number of fused-ring (bicyclic) bond motifs is 2. The molecule has 2 atom stereocenters. The molecule has 2 heterocycles. The molecular weight excluding hydrogens is 297 g/mol. The zero-order valence-electron chi connectivity index (χ0n) is 11.9. The van der Waals surface area contributed by atoms with Crippen molar-refractivity contribution in [2.45, 2.75) is 38.0 Å². The fourth-order valence-electron chi connectivity index (χ4n) is 3.16. The highest BCUT2D eigenvalue weighted by molar-refractivity contribution is 5.97. The van der Waals surface area contributed by atoms with Crippen LogP contribution in [0.5, 0.6) is 5.75 Å². The maximum atomic E-state index is 13.2. The maximum Gasteiger partial charge on any atom is 0.387 e. The summed E-state index contributed by atoms with van der Waals surface area (Å²) in [6.45, 7) is -2.02. The maximum absolute atomic E-state index is 13.2. The van der Waals surface area contributed by atoms with Gasteiger partial charge in [0.05, 0.1) is 5.56 Å². The van der Waals surface area contributed by atoms with Gasteiger partial charge in [0.25, 0.3) is 5.91 Å². The Kier molecular flexibility index (Phi) is 4.24. The van der Waals surface area contributed by atoms with E-state index < -0.39 is 24.1 Å². The summed E-state index contributed by atoms with van der Waals surface area (Å²) < 4.78 is 42.4. The van der Waals surface area contributed by atoms with Crippen LogP contribution in [0.2, 0.25) is 0 Å². The van der Waals surface area contributed by atoms with Gasteiger partial charge in [0.2, 0.25) is 0 Å². The molecule has 1 N–H and O–H groups in total. The molecule has 7 heteroatoms. The van der Waals surface area contributed by atoms with Gasteiger partial charge in [-0.05, 0) is 31.4 Å². The minimum absolute atomic E-state index is 0.0283. The van der Waals surface area contributed by atoms with Gasteiger partial charge in [-0.15, -0.1) is 0 Å². The normalized spacial score (nSPS) is 24.5. The van der Waals surface area contributed by atoms with Crippen LogP contribution < -0.4 is 10.1 Å². The summed E-state index contributed by atoms with van der Waals surface area (Å²) in [5, 5.41) is 3.44. The van der Waals surface area contributed by atoms with Crippen molar-refractivity contribution in [1.29, 1.82) is 0 Å². The van der Waals surface area contributed by atoms with Crippen LogP contribution in [-0.4, -0.2) is 42.6 Å². The molecule has 1 aromatic carbocycles. The van der Waals surface area contributed by atoms with Gasteiger partial charge in [-0.1, -0.05) is 0 Å². The second-order valence-corrected chi connectivity index (χ2v) is 5.70. The summed E-state index contributed by atoms with van der Waals surface area (Å²) >= 11 is 0. The van der Waals surface area contributed by atoms with Crippen molar-refractivity contribution in [3.63, 3.8) is 0 Å². The van der Waals surface area contributed by atoms with Crippen molar-refractivity contribution in [2.75, 3.05) is 13.1 Å². The van der Waals surface area contributed by atoms with Gasteiger partial charge in [-0.3, -0.25) is 4.79 Å². The molecule has 2 aliphatic heterocycles. The predicted molar refractivity (Wildman–Crippen MR) is 73.5 cm³/mol. The Morgan fingerprint density at radius 1 is 1.27 bits per heavy atom. The van der Waals surface area contributed by atoms with E-state index in [1.165, 1.54) is 6.07 Å². The average molecular weight is 314 g/mol. The summed E-state index contributed by atoms with van der Waals surface area (Å²) in [5.74, 6) is -1.53. The summed E-state index contributed by atoms with van der Waals surface area (Å²) in [7, 11) is 0. The number of hydrogen-bond acceptors (Lipinski definition) is 3. The number of halogens is 3. The van der Waals surface area contributed by atoms with Crippen molar-refractivity contribution in [3.8, 4) is 5.75 Å². The number of alkyl halides is 2. The molecule has 0 aromatic heterocycles. The number of benzene rings is 1. The lowest BCUT2D eigenvalue weighted by atomic mass is 10.1. The molecule has 4 nitrogen and oxygen atoms in total. The van der Waals surface area contributed by atoms with Crippen LogP contribution >= 0.6 is 0 Å². The highest BCUT2D eigenvalue weighted by atomic mass is 19.3. The van der Waals surface area contributed by atoms with Crippen LogP contribution in [0.15, 0.2) is 18.2 Å². The zero-order valence-corrected chi connectivity index (χ0v) is 11.9. The molecule has 2 unspecified atom stereocenters. The van der Waals surface area contributed by atoms with Gasteiger partial charge in [-0.25, -0.2) is 4.39 Å². The van der Waals surface area contributed by atoms with Crippen molar-refractivity contribution in [2.24, 2.45) is 0 Å². The molecule has 120 valence electrons. The van der Waals surface area contributed by atoms with Gasteiger partial charge < -0.3 is 15.0 Å². The lowest BCUT2D eigenvalue weighted by Gasteiger charge is -2.25. The molecule has 22 heavy (non-hydrogen) atoms. The number of nitrogens with one attached hydrogen (secondary N) is 1. The molecule has 1 aromatic rings. The van der Waals surface area contributed by atoms with Crippen LogP contribution in [0, 0.1) is 5.82 Å². The van der Waals surface area contributed by atoms with E-state index in [4.69, 9.17) is 0 Å². The third kappa shape index (κ3) is 3.19. The Morgan fingerprint density at radius 2 is 2.05 bits per heavy atom. The van der Waals surface area contributed by atoms with Crippen LogP contribution in [-0.2, 0) is 0 Å². The van der Waals surface area contributed by atoms with Gasteiger partial charge in [0, 0.05) is 31.2 Å². The average Bonchev–Trinajstić information content (AvgIpc) is 2.77. The minimum atomic E-state index is -3.10. The van der Waals surface area contributed by atoms with E-state index in [0.29, 0.717) is 19.1 Å². The van der Waals surface area contributed by atoms with E-state index in [-0.39, 0.29) is 11.6 Å². The fourth-order valence-corrected chi connectivity index (χ4v) is 3.16. The molecule has 0 saturated carbocycles. The Labute approximate surface area is 126 Å². The predicted octanol–water partition coefficient (Wildman–Crippen LogP) is 2.39. The van der Waals surface area contributed by atoms with E-state index in [2.05, 4.69) is 10.1 Å². The molecule has 0 radical (unpaired) electrons. The topological polar surface area (TPSA) is 41.6 Å². The summed E-state index contributed by atoms with van der Waals surface area (Å²) in [6.07, 6.45) is 2.93. The monoisotopic (exact) mass is 314 g/mol. The van der Waals surface area contributed by atoms with Crippen LogP contribution in [0.25, 0.3) is 0 Å². The first-order valence-corrected chi connectivity index (χ1v) is 7.32. The quantitative estimate of drug-likeness (QED) is 0.931. The Morgan fingerprint density at radius 3 is 2.82 bits per heavy atom. The summed E-state index contributed by atoms with van der Waals surface area (Å²) in [5.41, 5.74) is -0.0283. The number of amides is 1. The number of carbonyl (C=O) groups excluding carboxylic acids is 1. The van der Waals surface area contributed by atoms with Gasteiger partial charge in [-0.2, -0.15) is 8.78 Å². The van der Waals surface area contributed by atoms with Gasteiger partial charge in [0.15, 0.2) is 0 Å². The lowest BCUT2D eigenvalue weighted by molar-refractivity contribution is -0.0504. The molecule has 2 fully saturated rings. The van der Waals surface area contributed by atoms with E-state index >= 15 is 0 Å². The fraction of sp³-hybridized carbons (Fsp3) is 0.533. The second-order valence-electron chi connectivity index (χ2n) is 5.70. The first-order chi connectivity index (χ1) is 10.5. The molecule has 3 rings (SSSR count). The first-order valence-electron chi connectivity index (χ1n) is 7.32. The van der Waals surface area contributed by atoms with E-state index in [0.717, 1.165) is 31.4 Å². The van der Waals surface area contributed by atoms with E-state index in [9.17, 15) is 18.0 Å². The molecule has 2 aliphatic rings. The lowest BCUT2D eigenvalue weighted by Crippen LogP contribution is -2.39. The summed E-state index contributed by atoms with van der Waals surface area (Å²) in [4.78, 5) is 14.2. The molecule has 0 aliphatic carbocycles. The molecule has 2 saturated heterocycles. The van der Waals surface area contributed by atoms with Crippen LogP contribution in [0.1, 0.15) is 29.6 Å². The first kappa shape index (κ1) is 15.1. The van der Waals surface area contributed by atoms with E-state index in [1.807, 2.05) is 0 Å². The van der Waals surface area contributed by atoms with Crippen molar-refractivity contribution < 1.29 is 22.7 Å². The Hall–Kier alpha value is -1.76. The smallest absolute Gasteiger partial charge is 0.387 e. The van der Waals surface area contributed by atoms with Crippen molar-refractivity contribution in [1.82, 2.24) is 10.2 Å². The van der Waals surface area contributed by atoms with Crippen molar-refractivity contribution >= 4 is 5.91 Å². The number of rotatable bonds is 3.